The molecule has 0 bridgehead atoms. The van der Waals surface area contributed by atoms with Crippen molar-refractivity contribution in [3.63, 3.8) is 0 Å². The van der Waals surface area contributed by atoms with Gasteiger partial charge >= 0.3 is 6.18 Å². The largest absolute Gasteiger partial charge is 0.416 e. The molecule has 102 valence electrons. The normalized spacial score (nSPS) is 12.8. The van der Waals surface area contributed by atoms with Crippen LogP contribution in [0.4, 0.5) is 13.2 Å². The van der Waals surface area contributed by atoms with E-state index in [1.54, 1.807) is 6.92 Å². The van der Waals surface area contributed by atoms with Crippen LogP contribution in [0.3, 0.4) is 0 Å². The molecule has 1 aromatic carbocycles. The smallest absolute Gasteiger partial charge is 0.166 e. The van der Waals surface area contributed by atoms with Crippen molar-refractivity contribution >= 4 is 0 Å². The van der Waals surface area contributed by atoms with Crippen LogP contribution in [-0.2, 0) is 12.6 Å². The van der Waals surface area contributed by atoms with E-state index in [-0.39, 0.29) is 5.41 Å². The zero-order valence-corrected chi connectivity index (χ0v) is 11.5. The summed E-state index contributed by atoms with van der Waals surface area (Å²) in [4.78, 5) is 0. The summed E-state index contributed by atoms with van der Waals surface area (Å²) in [6.45, 7) is 8.14. The van der Waals surface area contributed by atoms with Crippen molar-refractivity contribution in [3.8, 4) is 0 Å². The topological polar surface area (TPSA) is 0 Å². The molecule has 0 N–H and O–H groups in total. The Bertz CT molecular complexity index is 397. The number of alkyl halides is 3. The summed E-state index contributed by atoms with van der Waals surface area (Å²) in [5, 5.41) is 0. The van der Waals surface area contributed by atoms with Gasteiger partial charge in [-0.2, -0.15) is 13.2 Å². The van der Waals surface area contributed by atoms with Crippen molar-refractivity contribution in [3.05, 3.63) is 34.9 Å². The van der Waals surface area contributed by atoms with Gasteiger partial charge in [0, 0.05) is 0 Å². The van der Waals surface area contributed by atoms with Crippen molar-refractivity contribution in [1.29, 1.82) is 0 Å². The van der Waals surface area contributed by atoms with Crippen LogP contribution in [0.5, 0.6) is 0 Å². The van der Waals surface area contributed by atoms with Gasteiger partial charge in [0.15, 0.2) is 0 Å². The third-order valence-corrected chi connectivity index (χ3v) is 2.86. The fourth-order valence-electron chi connectivity index (χ4n) is 1.99. The van der Waals surface area contributed by atoms with E-state index in [2.05, 4.69) is 20.8 Å². The Labute approximate surface area is 107 Å². The van der Waals surface area contributed by atoms with E-state index in [1.807, 2.05) is 6.07 Å². The lowest BCUT2D eigenvalue weighted by atomic mass is 9.88. The van der Waals surface area contributed by atoms with Gasteiger partial charge in [-0.1, -0.05) is 32.4 Å². The maximum Gasteiger partial charge on any atom is 0.416 e. The first kappa shape index (κ1) is 15.1. The number of benzene rings is 1. The fourth-order valence-corrected chi connectivity index (χ4v) is 1.99. The molecule has 0 aliphatic carbocycles. The van der Waals surface area contributed by atoms with Crippen molar-refractivity contribution in [1.82, 2.24) is 0 Å². The maximum absolute atomic E-state index is 12.7. The van der Waals surface area contributed by atoms with E-state index in [1.165, 1.54) is 12.1 Å². The van der Waals surface area contributed by atoms with Crippen LogP contribution >= 0.6 is 0 Å². The van der Waals surface area contributed by atoms with E-state index in [9.17, 15) is 13.2 Å². The summed E-state index contributed by atoms with van der Waals surface area (Å²) < 4.78 is 38.0. The Morgan fingerprint density at radius 3 is 2.11 bits per heavy atom. The lowest BCUT2D eigenvalue weighted by Crippen LogP contribution is -2.07. The minimum atomic E-state index is -4.25. The molecule has 0 atom stereocenters. The molecule has 18 heavy (non-hydrogen) atoms. The molecule has 0 spiro atoms. The van der Waals surface area contributed by atoms with E-state index in [4.69, 9.17) is 0 Å². The lowest BCUT2D eigenvalue weighted by molar-refractivity contribution is -0.137. The predicted octanol–water partition coefficient (Wildman–Crippen LogP) is 5.38. The molecule has 1 aromatic rings. The second-order valence-corrected chi connectivity index (χ2v) is 6.12. The van der Waals surface area contributed by atoms with Crippen LogP contribution in [0.2, 0.25) is 0 Å². The molecule has 3 heteroatoms. The highest BCUT2D eigenvalue weighted by molar-refractivity contribution is 5.31. The average molecular weight is 258 g/mol. The molecule has 0 aliphatic heterocycles. The van der Waals surface area contributed by atoms with Crippen molar-refractivity contribution in [2.75, 3.05) is 0 Å². The van der Waals surface area contributed by atoms with Gasteiger partial charge < -0.3 is 0 Å². The molecule has 0 amide bonds. The number of halogens is 3. The highest BCUT2D eigenvalue weighted by Gasteiger charge is 2.30. The maximum atomic E-state index is 12.7. The summed E-state index contributed by atoms with van der Waals surface area (Å²) in [6.07, 6.45) is -1.60. The molecule has 1 rings (SSSR count). The van der Waals surface area contributed by atoms with Crippen LogP contribution < -0.4 is 0 Å². The molecular formula is C15H21F3. The number of rotatable bonds is 3. The minimum absolute atomic E-state index is 0.233. The third kappa shape index (κ3) is 5.11. The van der Waals surface area contributed by atoms with Gasteiger partial charge in [0.25, 0.3) is 0 Å². The van der Waals surface area contributed by atoms with Gasteiger partial charge in [-0.15, -0.1) is 0 Å². The second kappa shape index (κ2) is 5.33. The molecule has 0 aromatic heterocycles. The van der Waals surface area contributed by atoms with E-state index < -0.39 is 11.7 Å². The molecule has 0 unspecified atom stereocenters. The monoisotopic (exact) mass is 258 g/mol. The summed E-state index contributed by atoms with van der Waals surface area (Å²) >= 11 is 0. The van der Waals surface area contributed by atoms with Gasteiger partial charge in [0.2, 0.25) is 0 Å². The van der Waals surface area contributed by atoms with E-state index >= 15 is 0 Å². The summed E-state index contributed by atoms with van der Waals surface area (Å²) in [5.74, 6) is 0. The fraction of sp³-hybridized carbons (Fsp3) is 0.600. The Morgan fingerprint density at radius 2 is 1.61 bits per heavy atom. The van der Waals surface area contributed by atoms with Crippen molar-refractivity contribution < 1.29 is 13.2 Å². The van der Waals surface area contributed by atoms with Crippen LogP contribution in [0.15, 0.2) is 18.2 Å². The lowest BCUT2D eigenvalue weighted by Gasteiger charge is -2.18. The Morgan fingerprint density at radius 1 is 1.00 bits per heavy atom. The first-order valence-electron chi connectivity index (χ1n) is 6.26. The standard InChI is InChI=1S/C15H21F3/c1-11-8-12(6-5-7-14(2,3)4)10-13(9-11)15(16,17)18/h8-10H,5-7H2,1-4H3. The number of hydrogen-bond acceptors (Lipinski definition) is 0. The Hall–Kier alpha value is -0.990. The zero-order valence-electron chi connectivity index (χ0n) is 11.5. The molecular weight excluding hydrogens is 237 g/mol. The molecule has 0 heterocycles. The average Bonchev–Trinajstić information content (AvgIpc) is 2.13. The first-order valence-corrected chi connectivity index (χ1v) is 6.26. The SMILES string of the molecule is Cc1cc(CCCC(C)(C)C)cc(C(F)(F)F)c1. The second-order valence-electron chi connectivity index (χ2n) is 6.12. The molecule has 0 fully saturated rings. The van der Waals surface area contributed by atoms with Gasteiger partial charge in [0.1, 0.15) is 0 Å². The predicted molar refractivity (Wildman–Crippen MR) is 68.6 cm³/mol. The Kier molecular flexibility index (Phi) is 4.46. The van der Waals surface area contributed by atoms with Gasteiger partial charge in [0.05, 0.1) is 5.56 Å². The highest BCUT2D eigenvalue weighted by atomic mass is 19.4. The molecule has 0 saturated carbocycles. The Balaban J connectivity index is 2.75. The minimum Gasteiger partial charge on any atom is -0.166 e. The number of hydrogen-bond donors (Lipinski definition) is 0. The number of aryl methyl sites for hydroxylation is 2. The van der Waals surface area contributed by atoms with Crippen molar-refractivity contribution in [2.24, 2.45) is 5.41 Å². The summed E-state index contributed by atoms with van der Waals surface area (Å²) in [6, 6.07) is 4.32. The molecule has 0 radical (unpaired) electrons. The quantitative estimate of drug-likeness (QED) is 0.682. The zero-order chi connectivity index (χ0) is 14.0. The molecule has 0 aliphatic rings. The van der Waals surface area contributed by atoms with Gasteiger partial charge in [-0.05, 0) is 49.3 Å². The molecule has 0 saturated heterocycles. The van der Waals surface area contributed by atoms with Crippen LogP contribution in [0, 0.1) is 12.3 Å². The first-order chi connectivity index (χ1) is 8.08. The highest BCUT2D eigenvalue weighted by Crippen LogP contribution is 2.31. The van der Waals surface area contributed by atoms with E-state index in [0.717, 1.165) is 18.4 Å². The van der Waals surface area contributed by atoms with Gasteiger partial charge in [-0.3, -0.25) is 0 Å². The van der Waals surface area contributed by atoms with Crippen molar-refractivity contribution in [2.45, 2.75) is 53.1 Å². The van der Waals surface area contributed by atoms with Crippen LogP contribution in [-0.4, -0.2) is 0 Å². The van der Waals surface area contributed by atoms with Crippen LogP contribution in [0.25, 0.3) is 0 Å². The summed E-state index contributed by atoms with van der Waals surface area (Å²) in [7, 11) is 0. The summed E-state index contributed by atoms with van der Waals surface area (Å²) in [5.41, 5.74) is 1.16. The van der Waals surface area contributed by atoms with Crippen LogP contribution in [0.1, 0.15) is 50.3 Å². The van der Waals surface area contributed by atoms with Gasteiger partial charge in [-0.25, -0.2) is 0 Å². The van der Waals surface area contributed by atoms with E-state index in [0.29, 0.717) is 12.0 Å². The third-order valence-electron chi connectivity index (χ3n) is 2.86. The molecule has 0 nitrogen and oxygen atoms in total.